The van der Waals surface area contributed by atoms with Gasteiger partial charge in [0.15, 0.2) is 0 Å². The van der Waals surface area contributed by atoms with E-state index >= 15 is 0 Å². The number of carbonyl (C=O) groups excluding carboxylic acids is 1. The molecular formula is C18H32O2. The zero-order valence-corrected chi connectivity index (χ0v) is 14.2. The highest BCUT2D eigenvalue weighted by Gasteiger charge is 2.52. The molecule has 2 bridgehead atoms. The van der Waals surface area contributed by atoms with Crippen molar-refractivity contribution in [1.82, 2.24) is 0 Å². The molecule has 2 fully saturated rings. The molecule has 2 aliphatic carbocycles. The van der Waals surface area contributed by atoms with Crippen molar-refractivity contribution in [3.05, 3.63) is 0 Å². The number of fused-ring (bicyclic) bond motifs is 2. The molecule has 2 rings (SSSR count). The van der Waals surface area contributed by atoms with Gasteiger partial charge in [0, 0.05) is 0 Å². The molecule has 116 valence electrons. The zero-order chi connectivity index (χ0) is 15.1. The number of carbonyl (C=O) groups is 1. The minimum absolute atomic E-state index is 0.0181. The number of hydrogen-bond donors (Lipinski definition) is 0. The number of esters is 1. The van der Waals surface area contributed by atoms with Gasteiger partial charge in [-0.15, -0.1) is 0 Å². The second-order valence-electron chi connectivity index (χ2n) is 8.72. The first kappa shape index (κ1) is 15.9. The molecule has 0 saturated heterocycles. The smallest absolute Gasteiger partial charge is 0.311 e. The van der Waals surface area contributed by atoms with Crippen LogP contribution in [0.4, 0.5) is 0 Å². The normalized spacial score (nSPS) is 33.5. The summed E-state index contributed by atoms with van der Waals surface area (Å²) in [5.74, 6) is 2.95. The van der Waals surface area contributed by atoms with Gasteiger partial charge in [0.2, 0.25) is 0 Å². The summed E-state index contributed by atoms with van der Waals surface area (Å²) in [5.41, 5.74) is -0.00790. The average Bonchev–Trinajstić information content (AvgIpc) is 2.94. The molecule has 0 spiro atoms. The molecule has 0 aromatic rings. The van der Waals surface area contributed by atoms with E-state index in [1.165, 1.54) is 19.3 Å². The van der Waals surface area contributed by atoms with Crippen LogP contribution in [0.25, 0.3) is 0 Å². The van der Waals surface area contributed by atoms with Crippen molar-refractivity contribution >= 4 is 5.97 Å². The van der Waals surface area contributed by atoms with E-state index in [9.17, 15) is 4.79 Å². The largest absolute Gasteiger partial charge is 0.465 e. The Morgan fingerprint density at radius 2 is 1.70 bits per heavy atom. The van der Waals surface area contributed by atoms with E-state index in [1.807, 2.05) is 13.8 Å². The summed E-state index contributed by atoms with van der Waals surface area (Å²) < 4.78 is 5.72. The van der Waals surface area contributed by atoms with Crippen LogP contribution in [0.3, 0.4) is 0 Å². The van der Waals surface area contributed by atoms with Gasteiger partial charge in [-0.1, -0.05) is 27.7 Å². The van der Waals surface area contributed by atoms with Crippen molar-refractivity contribution in [2.75, 3.05) is 6.61 Å². The molecule has 0 radical (unpaired) electrons. The van der Waals surface area contributed by atoms with Crippen LogP contribution in [-0.2, 0) is 9.53 Å². The topological polar surface area (TPSA) is 26.3 Å². The van der Waals surface area contributed by atoms with Gasteiger partial charge in [0.25, 0.3) is 0 Å². The van der Waals surface area contributed by atoms with Crippen LogP contribution in [0.2, 0.25) is 0 Å². The van der Waals surface area contributed by atoms with Gasteiger partial charge in [-0.3, -0.25) is 4.79 Å². The van der Waals surface area contributed by atoms with Crippen LogP contribution >= 0.6 is 0 Å². The van der Waals surface area contributed by atoms with Crippen molar-refractivity contribution in [2.45, 2.75) is 67.2 Å². The Labute approximate surface area is 124 Å². The fourth-order valence-electron chi connectivity index (χ4n) is 4.51. The van der Waals surface area contributed by atoms with E-state index < -0.39 is 0 Å². The predicted octanol–water partition coefficient (Wildman–Crippen LogP) is 4.67. The lowest BCUT2D eigenvalue weighted by Crippen LogP contribution is -2.37. The second kappa shape index (κ2) is 5.35. The van der Waals surface area contributed by atoms with Crippen LogP contribution in [0.15, 0.2) is 0 Å². The third kappa shape index (κ3) is 2.89. The Kier molecular flexibility index (Phi) is 4.24. The number of hydrogen-bond acceptors (Lipinski definition) is 2. The van der Waals surface area contributed by atoms with Gasteiger partial charge in [-0.2, -0.15) is 0 Å². The maximum atomic E-state index is 12.2. The van der Waals surface area contributed by atoms with E-state index in [-0.39, 0.29) is 11.4 Å². The molecular weight excluding hydrogens is 248 g/mol. The first-order valence-electron chi connectivity index (χ1n) is 8.34. The van der Waals surface area contributed by atoms with Crippen molar-refractivity contribution in [3.63, 3.8) is 0 Å². The SMILES string of the molecule is CCC(C)(C)C(=O)OCC1C2CCC(C2)C1C(C)(C)C. The molecule has 2 nitrogen and oxygen atoms in total. The first-order chi connectivity index (χ1) is 9.16. The van der Waals surface area contributed by atoms with Gasteiger partial charge >= 0.3 is 5.97 Å². The van der Waals surface area contributed by atoms with Crippen molar-refractivity contribution in [1.29, 1.82) is 0 Å². The molecule has 2 aliphatic rings. The fourth-order valence-corrected chi connectivity index (χ4v) is 4.51. The average molecular weight is 280 g/mol. The van der Waals surface area contributed by atoms with Gasteiger partial charge in [-0.05, 0) is 68.6 Å². The van der Waals surface area contributed by atoms with Gasteiger partial charge in [-0.25, -0.2) is 0 Å². The minimum atomic E-state index is -0.338. The summed E-state index contributed by atoms with van der Waals surface area (Å²) in [6.07, 6.45) is 4.93. The zero-order valence-electron chi connectivity index (χ0n) is 14.2. The van der Waals surface area contributed by atoms with Crippen LogP contribution in [0, 0.1) is 34.5 Å². The molecule has 0 aromatic heterocycles. The summed E-state index contributed by atoms with van der Waals surface area (Å²) in [7, 11) is 0. The van der Waals surface area contributed by atoms with Crippen LogP contribution < -0.4 is 0 Å². The number of ether oxygens (including phenoxy) is 1. The van der Waals surface area contributed by atoms with Crippen LogP contribution in [0.1, 0.15) is 67.2 Å². The quantitative estimate of drug-likeness (QED) is 0.699. The Balaban J connectivity index is 2.00. The molecule has 0 aliphatic heterocycles. The van der Waals surface area contributed by atoms with E-state index in [4.69, 9.17) is 4.74 Å². The summed E-state index contributed by atoms with van der Waals surface area (Å²) in [4.78, 5) is 12.2. The van der Waals surface area contributed by atoms with E-state index in [0.717, 1.165) is 24.2 Å². The third-order valence-corrected chi connectivity index (χ3v) is 5.93. The highest BCUT2D eigenvalue weighted by molar-refractivity contribution is 5.75. The monoisotopic (exact) mass is 280 g/mol. The van der Waals surface area contributed by atoms with Gasteiger partial charge in [0.1, 0.15) is 0 Å². The van der Waals surface area contributed by atoms with Crippen molar-refractivity contribution in [3.8, 4) is 0 Å². The highest BCUT2D eigenvalue weighted by Crippen LogP contribution is 2.58. The lowest BCUT2D eigenvalue weighted by Gasteiger charge is -2.40. The van der Waals surface area contributed by atoms with Gasteiger partial charge in [0.05, 0.1) is 12.0 Å². The number of rotatable bonds is 4. The summed E-state index contributed by atoms with van der Waals surface area (Å²) in [6.45, 7) is 13.7. The standard InChI is InChI=1S/C18H32O2/c1-7-18(5,6)16(19)20-11-14-12-8-9-13(10-12)15(14)17(2,3)4/h12-15H,7-11H2,1-6H3. The molecule has 2 saturated carbocycles. The maximum Gasteiger partial charge on any atom is 0.311 e. The van der Waals surface area contributed by atoms with Crippen LogP contribution in [0.5, 0.6) is 0 Å². The molecule has 2 heteroatoms. The summed E-state index contributed by atoms with van der Waals surface area (Å²) >= 11 is 0. The van der Waals surface area contributed by atoms with Crippen LogP contribution in [-0.4, -0.2) is 12.6 Å². The molecule has 0 heterocycles. The van der Waals surface area contributed by atoms with Crippen molar-refractivity contribution < 1.29 is 9.53 Å². The molecule has 20 heavy (non-hydrogen) atoms. The molecule has 0 aromatic carbocycles. The Morgan fingerprint density at radius 3 is 2.25 bits per heavy atom. The molecule has 4 atom stereocenters. The predicted molar refractivity (Wildman–Crippen MR) is 82.3 cm³/mol. The van der Waals surface area contributed by atoms with E-state index in [1.54, 1.807) is 0 Å². The fraction of sp³-hybridized carbons (Fsp3) is 0.944. The van der Waals surface area contributed by atoms with Gasteiger partial charge < -0.3 is 4.74 Å². The minimum Gasteiger partial charge on any atom is -0.465 e. The third-order valence-electron chi connectivity index (χ3n) is 5.93. The summed E-state index contributed by atoms with van der Waals surface area (Å²) in [6, 6.07) is 0. The lowest BCUT2D eigenvalue weighted by atomic mass is 9.66. The molecule has 0 amide bonds. The maximum absolute atomic E-state index is 12.2. The van der Waals surface area contributed by atoms with Crippen molar-refractivity contribution in [2.24, 2.45) is 34.5 Å². The summed E-state index contributed by atoms with van der Waals surface area (Å²) in [5, 5.41) is 0. The van der Waals surface area contributed by atoms with E-state index in [2.05, 4.69) is 27.7 Å². The highest BCUT2D eigenvalue weighted by atomic mass is 16.5. The second-order valence-corrected chi connectivity index (χ2v) is 8.72. The lowest BCUT2D eigenvalue weighted by molar-refractivity contribution is -0.157. The molecule has 0 N–H and O–H groups in total. The van der Waals surface area contributed by atoms with E-state index in [0.29, 0.717) is 17.9 Å². The Bertz CT molecular complexity index is 364. The Hall–Kier alpha value is -0.530. The Morgan fingerprint density at radius 1 is 1.10 bits per heavy atom. The first-order valence-corrected chi connectivity index (χ1v) is 8.34. The molecule has 4 unspecified atom stereocenters.